The van der Waals surface area contributed by atoms with Gasteiger partial charge in [-0.1, -0.05) is 12.1 Å². The number of nitrogens with zero attached hydrogens (tertiary/aromatic N) is 2. The molecule has 0 radical (unpaired) electrons. The molecular weight excluding hydrogens is 222 g/mol. The van der Waals surface area contributed by atoms with Crippen LogP contribution in [0.5, 0.6) is 0 Å². The number of carbonyl (C=O) groups is 2. The van der Waals surface area contributed by atoms with Gasteiger partial charge >= 0.3 is 11.9 Å². The summed E-state index contributed by atoms with van der Waals surface area (Å²) in [6.45, 7) is 0. The highest BCUT2D eigenvalue weighted by Crippen LogP contribution is 2.03. The minimum Gasteiger partial charge on any atom is -0.465 e. The van der Waals surface area contributed by atoms with Gasteiger partial charge in [-0.15, -0.1) is 0 Å². The van der Waals surface area contributed by atoms with E-state index in [2.05, 4.69) is 9.84 Å². The van der Waals surface area contributed by atoms with Crippen LogP contribution < -0.4 is 5.43 Å². The van der Waals surface area contributed by atoms with Gasteiger partial charge in [0.25, 0.3) is 0 Å². The molecule has 17 heavy (non-hydrogen) atoms. The monoisotopic (exact) mass is 231 g/mol. The van der Waals surface area contributed by atoms with E-state index >= 15 is 0 Å². The molecule has 0 saturated heterocycles. The first kappa shape index (κ1) is 12.4. The second-order valence-electron chi connectivity index (χ2n) is 2.92. The van der Waals surface area contributed by atoms with Gasteiger partial charge in [0.1, 0.15) is 0 Å². The van der Waals surface area contributed by atoms with E-state index in [0.717, 1.165) is 0 Å². The fourth-order valence-corrected chi connectivity index (χ4v) is 1.01. The highest BCUT2D eigenvalue weighted by Gasteiger charge is 2.03. The molecular formula is C11H9N3O3. The number of nitriles is 1. The topological polar surface area (TPSA) is 91.5 Å². The van der Waals surface area contributed by atoms with Crippen molar-refractivity contribution >= 4 is 18.1 Å². The molecule has 0 atom stereocenters. The van der Waals surface area contributed by atoms with Crippen molar-refractivity contribution in [3.05, 3.63) is 35.4 Å². The third kappa shape index (κ3) is 3.76. The molecule has 0 heterocycles. The van der Waals surface area contributed by atoms with Crippen LogP contribution in [0.2, 0.25) is 0 Å². The summed E-state index contributed by atoms with van der Waals surface area (Å²) in [4.78, 5) is 21.7. The average Bonchev–Trinajstić information content (AvgIpc) is 2.38. The summed E-state index contributed by atoms with van der Waals surface area (Å²) in [5.74, 6) is -1.27. The van der Waals surface area contributed by atoms with Gasteiger partial charge in [0.2, 0.25) is 0 Å². The maximum absolute atomic E-state index is 11.1. The van der Waals surface area contributed by atoms with E-state index < -0.39 is 11.9 Å². The minimum absolute atomic E-state index is 0.422. The predicted octanol–water partition coefficient (Wildman–Crippen LogP) is 0.447. The lowest BCUT2D eigenvalue weighted by Crippen LogP contribution is -2.14. The van der Waals surface area contributed by atoms with Gasteiger partial charge in [-0.05, 0) is 17.7 Å². The highest BCUT2D eigenvalue weighted by atomic mass is 16.5. The number of hydrazone groups is 1. The zero-order valence-electron chi connectivity index (χ0n) is 9.01. The Morgan fingerprint density at radius 1 is 1.41 bits per heavy atom. The van der Waals surface area contributed by atoms with Crippen LogP contribution in [0.25, 0.3) is 0 Å². The summed E-state index contributed by atoms with van der Waals surface area (Å²) in [7, 11) is 1.30. The minimum atomic E-state index is -0.840. The largest absolute Gasteiger partial charge is 0.465 e. The van der Waals surface area contributed by atoms with Crippen molar-refractivity contribution in [1.82, 2.24) is 5.43 Å². The van der Waals surface area contributed by atoms with Crippen molar-refractivity contribution < 1.29 is 14.3 Å². The van der Waals surface area contributed by atoms with E-state index in [1.165, 1.54) is 19.4 Å². The van der Waals surface area contributed by atoms with E-state index in [0.29, 0.717) is 11.1 Å². The van der Waals surface area contributed by atoms with Crippen LogP contribution in [0.4, 0.5) is 0 Å². The standard InChI is InChI=1S/C11H9N3O3/c1-17-11(16)9-4-2-8(3-5-9)7-13-14-10(15)6-12/h2-5,7H,1H3,(H,14,15)/b13-7+. The molecule has 1 rings (SSSR count). The van der Waals surface area contributed by atoms with Gasteiger partial charge in [0.05, 0.1) is 18.9 Å². The molecule has 0 aliphatic carbocycles. The van der Waals surface area contributed by atoms with E-state index in [-0.39, 0.29) is 0 Å². The zero-order valence-corrected chi connectivity index (χ0v) is 9.01. The number of ether oxygens (including phenoxy) is 1. The number of nitrogens with one attached hydrogen (secondary N) is 1. The number of hydrogen-bond donors (Lipinski definition) is 1. The Labute approximate surface area is 97.5 Å². The molecule has 6 nitrogen and oxygen atoms in total. The summed E-state index contributed by atoms with van der Waals surface area (Å²) < 4.78 is 4.54. The Kier molecular flexibility index (Phi) is 4.39. The molecule has 1 aromatic rings. The SMILES string of the molecule is COC(=O)c1ccc(/C=N/NC(=O)C#N)cc1. The van der Waals surface area contributed by atoms with E-state index in [1.54, 1.807) is 24.3 Å². The van der Waals surface area contributed by atoms with Crippen LogP contribution in [0.15, 0.2) is 29.4 Å². The zero-order chi connectivity index (χ0) is 12.7. The van der Waals surface area contributed by atoms with Crippen molar-refractivity contribution in [2.75, 3.05) is 7.11 Å². The molecule has 0 aromatic heterocycles. The van der Waals surface area contributed by atoms with Gasteiger partial charge in [0, 0.05) is 0 Å². The summed E-state index contributed by atoms with van der Waals surface area (Å²) >= 11 is 0. The van der Waals surface area contributed by atoms with Crippen LogP contribution in [0, 0.1) is 11.3 Å². The smallest absolute Gasteiger partial charge is 0.342 e. The Bertz CT molecular complexity index is 486. The van der Waals surface area contributed by atoms with Gasteiger partial charge in [-0.3, -0.25) is 4.79 Å². The Morgan fingerprint density at radius 2 is 2.06 bits per heavy atom. The molecule has 86 valence electrons. The number of amides is 1. The Balaban J connectivity index is 2.66. The van der Waals surface area contributed by atoms with E-state index in [4.69, 9.17) is 5.26 Å². The molecule has 1 aromatic carbocycles. The van der Waals surface area contributed by atoms with Crippen LogP contribution in [0.1, 0.15) is 15.9 Å². The number of rotatable bonds is 3. The maximum atomic E-state index is 11.1. The summed E-state index contributed by atoms with van der Waals surface area (Å²) in [5.41, 5.74) is 3.11. The van der Waals surface area contributed by atoms with Crippen LogP contribution in [-0.4, -0.2) is 25.2 Å². The maximum Gasteiger partial charge on any atom is 0.342 e. The number of methoxy groups -OCH3 is 1. The van der Waals surface area contributed by atoms with E-state index in [1.807, 2.05) is 5.43 Å². The van der Waals surface area contributed by atoms with Crippen LogP contribution >= 0.6 is 0 Å². The number of benzene rings is 1. The number of hydrogen-bond acceptors (Lipinski definition) is 5. The second-order valence-corrected chi connectivity index (χ2v) is 2.92. The van der Waals surface area contributed by atoms with Crippen molar-refractivity contribution in [2.45, 2.75) is 0 Å². The molecule has 0 saturated carbocycles. The van der Waals surface area contributed by atoms with Gasteiger partial charge < -0.3 is 4.74 Å². The first-order chi connectivity index (χ1) is 8.17. The first-order valence-electron chi connectivity index (χ1n) is 4.59. The normalized spacial score (nSPS) is 9.65. The fraction of sp³-hybridized carbons (Fsp3) is 0.0909. The van der Waals surface area contributed by atoms with E-state index in [9.17, 15) is 9.59 Å². The summed E-state index contributed by atoms with van der Waals surface area (Å²) in [6.07, 6.45) is 1.36. The molecule has 0 bridgehead atoms. The van der Waals surface area contributed by atoms with Crippen molar-refractivity contribution in [3.8, 4) is 6.07 Å². The third-order valence-electron chi connectivity index (χ3n) is 1.81. The van der Waals surface area contributed by atoms with Gasteiger partial charge in [-0.2, -0.15) is 10.4 Å². The summed E-state index contributed by atoms with van der Waals surface area (Å²) in [5, 5.41) is 11.7. The lowest BCUT2D eigenvalue weighted by molar-refractivity contribution is -0.115. The second kappa shape index (κ2) is 6.02. The van der Waals surface area contributed by atoms with Crippen molar-refractivity contribution in [2.24, 2.45) is 5.10 Å². The van der Waals surface area contributed by atoms with Crippen LogP contribution in [0.3, 0.4) is 0 Å². The van der Waals surface area contributed by atoms with Gasteiger partial charge in [-0.25, -0.2) is 10.2 Å². The summed E-state index contributed by atoms with van der Waals surface area (Å²) in [6, 6.07) is 7.76. The van der Waals surface area contributed by atoms with Gasteiger partial charge in [0.15, 0.2) is 6.07 Å². The molecule has 0 fully saturated rings. The lowest BCUT2D eigenvalue weighted by atomic mass is 10.1. The molecule has 0 unspecified atom stereocenters. The average molecular weight is 231 g/mol. The quantitative estimate of drug-likeness (QED) is 0.354. The van der Waals surface area contributed by atoms with Crippen LogP contribution in [-0.2, 0) is 9.53 Å². The molecule has 0 spiro atoms. The Morgan fingerprint density at radius 3 is 2.59 bits per heavy atom. The fourth-order valence-electron chi connectivity index (χ4n) is 1.01. The molecule has 6 heteroatoms. The van der Waals surface area contributed by atoms with Crippen molar-refractivity contribution in [1.29, 1.82) is 5.26 Å². The molecule has 1 amide bonds. The van der Waals surface area contributed by atoms with Crippen molar-refractivity contribution in [3.63, 3.8) is 0 Å². The predicted molar refractivity (Wildman–Crippen MR) is 59.1 cm³/mol. The third-order valence-corrected chi connectivity index (χ3v) is 1.81. The number of carbonyl (C=O) groups excluding carboxylic acids is 2. The number of esters is 1. The molecule has 0 aliphatic rings. The lowest BCUT2D eigenvalue weighted by Gasteiger charge is -1.98. The molecule has 0 aliphatic heterocycles. The Hall–Kier alpha value is -2.68. The first-order valence-corrected chi connectivity index (χ1v) is 4.59. The highest BCUT2D eigenvalue weighted by molar-refractivity contribution is 5.92. The molecule has 1 N–H and O–H groups in total.